The van der Waals surface area contributed by atoms with Gasteiger partial charge in [-0.2, -0.15) is 0 Å². The number of nitrogens with zero attached hydrogens (tertiary/aromatic N) is 1. The Morgan fingerprint density at radius 3 is 2.46 bits per heavy atom. The number of aromatic nitrogens is 1. The number of nitrogens with one attached hydrogen (secondary N) is 1. The molecule has 2 aromatic rings. The van der Waals surface area contributed by atoms with Crippen LogP contribution in [0.25, 0.3) is 0 Å². The van der Waals surface area contributed by atoms with Crippen molar-refractivity contribution in [3.05, 3.63) is 53.7 Å². The molecule has 0 bridgehead atoms. The lowest BCUT2D eigenvalue weighted by Crippen LogP contribution is -2.18. The van der Waals surface area contributed by atoms with Gasteiger partial charge in [-0.3, -0.25) is 4.79 Å². The molecule has 0 aliphatic carbocycles. The summed E-state index contributed by atoms with van der Waals surface area (Å²) in [6.07, 6.45) is 8.98. The van der Waals surface area contributed by atoms with Gasteiger partial charge >= 0.3 is 0 Å². The Labute approximate surface area is 156 Å². The van der Waals surface area contributed by atoms with E-state index in [1.54, 1.807) is 12.1 Å². The monoisotopic (exact) mass is 355 g/mol. The molecule has 0 atom stereocenters. The third kappa shape index (κ3) is 7.23. The SMILES string of the molecule is CCCCCCCNCCc1ccc(Oc2ccc(C(N)=O)cn2)cc1. The zero-order valence-electron chi connectivity index (χ0n) is 15.5. The molecule has 140 valence electrons. The van der Waals surface area contributed by atoms with Crippen LogP contribution in [0.15, 0.2) is 42.6 Å². The molecule has 0 spiro atoms. The maximum atomic E-state index is 11.0. The highest BCUT2D eigenvalue weighted by atomic mass is 16.5. The topological polar surface area (TPSA) is 77.2 Å². The number of carbonyl (C=O) groups excluding carboxylic acids is 1. The van der Waals surface area contributed by atoms with Crippen molar-refractivity contribution in [2.75, 3.05) is 13.1 Å². The molecule has 0 unspecified atom stereocenters. The molecular formula is C21H29N3O2. The third-order valence-corrected chi connectivity index (χ3v) is 4.21. The summed E-state index contributed by atoms with van der Waals surface area (Å²) in [5, 5.41) is 3.50. The summed E-state index contributed by atoms with van der Waals surface area (Å²) in [6.45, 7) is 4.33. The number of primary amides is 1. The number of hydrogen-bond acceptors (Lipinski definition) is 4. The van der Waals surface area contributed by atoms with E-state index in [2.05, 4.69) is 29.4 Å². The van der Waals surface area contributed by atoms with Crippen LogP contribution in [0.3, 0.4) is 0 Å². The van der Waals surface area contributed by atoms with Gasteiger partial charge in [0, 0.05) is 12.3 Å². The molecule has 1 aromatic heterocycles. The zero-order valence-corrected chi connectivity index (χ0v) is 15.5. The van der Waals surface area contributed by atoms with Crippen molar-refractivity contribution in [1.82, 2.24) is 10.3 Å². The Morgan fingerprint density at radius 1 is 1.04 bits per heavy atom. The van der Waals surface area contributed by atoms with Gasteiger partial charge in [-0.1, -0.05) is 44.7 Å². The molecular weight excluding hydrogens is 326 g/mol. The lowest BCUT2D eigenvalue weighted by molar-refractivity contribution is 0.1000. The van der Waals surface area contributed by atoms with E-state index in [-0.39, 0.29) is 0 Å². The van der Waals surface area contributed by atoms with Crippen molar-refractivity contribution in [3.8, 4) is 11.6 Å². The highest BCUT2D eigenvalue weighted by Crippen LogP contribution is 2.20. The molecule has 5 nitrogen and oxygen atoms in total. The largest absolute Gasteiger partial charge is 0.439 e. The van der Waals surface area contributed by atoms with Crippen molar-refractivity contribution in [2.45, 2.75) is 45.4 Å². The van der Waals surface area contributed by atoms with E-state index >= 15 is 0 Å². The summed E-state index contributed by atoms with van der Waals surface area (Å²) in [6, 6.07) is 11.2. The van der Waals surface area contributed by atoms with Gasteiger partial charge in [0.05, 0.1) is 5.56 Å². The number of hydrogen-bond donors (Lipinski definition) is 2. The van der Waals surface area contributed by atoms with Crippen LogP contribution in [0.5, 0.6) is 11.6 Å². The average Bonchev–Trinajstić information content (AvgIpc) is 2.65. The van der Waals surface area contributed by atoms with Crippen LogP contribution in [0, 0.1) is 0 Å². The first-order valence-corrected chi connectivity index (χ1v) is 9.42. The molecule has 0 saturated carbocycles. The fourth-order valence-electron chi connectivity index (χ4n) is 2.64. The van der Waals surface area contributed by atoms with Gasteiger partial charge in [0.15, 0.2) is 0 Å². The lowest BCUT2D eigenvalue weighted by Gasteiger charge is -2.07. The maximum Gasteiger partial charge on any atom is 0.250 e. The van der Waals surface area contributed by atoms with Gasteiger partial charge < -0.3 is 15.8 Å². The minimum Gasteiger partial charge on any atom is -0.439 e. The fourth-order valence-corrected chi connectivity index (χ4v) is 2.64. The molecule has 0 aliphatic heterocycles. The van der Waals surface area contributed by atoms with Crippen LogP contribution in [-0.4, -0.2) is 24.0 Å². The molecule has 1 aromatic carbocycles. The summed E-state index contributed by atoms with van der Waals surface area (Å²) in [5.74, 6) is 0.660. The van der Waals surface area contributed by atoms with Gasteiger partial charge in [0.2, 0.25) is 11.8 Å². The Kier molecular flexibility index (Phi) is 8.63. The third-order valence-electron chi connectivity index (χ3n) is 4.21. The van der Waals surface area contributed by atoms with Crippen molar-refractivity contribution in [3.63, 3.8) is 0 Å². The van der Waals surface area contributed by atoms with E-state index in [1.165, 1.54) is 43.9 Å². The van der Waals surface area contributed by atoms with Crippen LogP contribution >= 0.6 is 0 Å². The number of unbranched alkanes of at least 4 members (excludes halogenated alkanes) is 4. The molecule has 26 heavy (non-hydrogen) atoms. The predicted octanol–water partition coefficient (Wildman–Crippen LogP) is 4.08. The first kappa shape index (κ1) is 19.9. The van der Waals surface area contributed by atoms with Gasteiger partial charge in [-0.15, -0.1) is 0 Å². The highest BCUT2D eigenvalue weighted by molar-refractivity contribution is 5.92. The standard InChI is InChI=1S/C21H29N3O2/c1-2-3-4-5-6-14-23-15-13-17-7-10-19(11-8-17)26-20-12-9-18(16-24-20)21(22)25/h7-12,16,23H,2-6,13-15H2,1H3,(H2,22,25). The van der Waals surface area contributed by atoms with E-state index in [0.717, 1.165) is 25.3 Å². The Morgan fingerprint density at radius 2 is 1.81 bits per heavy atom. The van der Waals surface area contributed by atoms with Crippen LogP contribution in [0.2, 0.25) is 0 Å². The molecule has 0 fully saturated rings. The lowest BCUT2D eigenvalue weighted by atomic mass is 10.1. The molecule has 0 saturated heterocycles. The number of pyridine rings is 1. The minimum absolute atomic E-state index is 0.366. The van der Waals surface area contributed by atoms with Crippen molar-refractivity contribution in [1.29, 1.82) is 0 Å². The van der Waals surface area contributed by atoms with E-state index in [4.69, 9.17) is 10.5 Å². The van der Waals surface area contributed by atoms with Crippen LogP contribution in [0.4, 0.5) is 0 Å². The Hall–Kier alpha value is -2.40. The number of nitrogens with two attached hydrogens (primary N) is 1. The zero-order chi connectivity index (χ0) is 18.6. The first-order chi connectivity index (χ1) is 12.7. The first-order valence-electron chi connectivity index (χ1n) is 9.42. The van der Waals surface area contributed by atoms with E-state index in [1.807, 2.05) is 12.1 Å². The summed E-state index contributed by atoms with van der Waals surface area (Å²) < 4.78 is 5.68. The average molecular weight is 355 g/mol. The highest BCUT2D eigenvalue weighted by Gasteiger charge is 2.03. The number of amides is 1. The molecule has 0 radical (unpaired) electrons. The Balaban J connectivity index is 1.68. The van der Waals surface area contributed by atoms with Gasteiger partial charge in [0.1, 0.15) is 5.75 Å². The minimum atomic E-state index is -0.497. The second-order valence-electron chi connectivity index (χ2n) is 6.41. The number of benzene rings is 1. The number of rotatable bonds is 12. The second-order valence-corrected chi connectivity index (χ2v) is 6.41. The van der Waals surface area contributed by atoms with E-state index < -0.39 is 5.91 Å². The number of ether oxygens (including phenoxy) is 1. The van der Waals surface area contributed by atoms with Gasteiger partial charge in [-0.05, 0) is 49.7 Å². The molecule has 2 rings (SSSR count). The molecule has 1 amide bonds. The number of carbonyl (C=O) groups is 1. The normalized spacial score (nSPS) is 10.7. The quantitative estimate of drug-likeness (QED) is 0.563. The predicted molar refractivity (Wildman–Crippen MR) is 105 cm³/mol. The smallest absolute Gasteiger partial charge is 0.250 e. The fraction of sp³-hybridized carbons (Fsp3) is 0.429. The van der Waals surface area contributed by atoms with E-state index in [9.17, 15) is 4.79 Å². The van der Waals surface area contributed by atoms with E-state index in [0.29, 0.717) is 11.4 Å². The molecule has 1 heterocycles. The van der Waals surface area contributed by atoms with Crippen LogP contribution in [0.1, 0.15) is 54.9 Å². The van der Waals surface area contributed by atoms with Crippen molar-refractivity contribution in [2.24, 2.45) is 5.73 Å². The summed E-state index contributed by atoms with van der Waals surface area (Å²) in [4.78, 5) is 15.1. The summed E-state index contributed by atoms with van der Waals surface area (Å²) in [7, 11) is 0. The van der Waals surface area contributed by atoms with Crippen LogP contribution < -0.4 is 15.8 Å². The summed E-state index contributed by atoms with van der Waals surface area (Å²) >= 11 is 0. The van der Waals surface area contributed by atoms with Crippen molar-refractivity contribution >= 4 is 5.91 Å². The molecule has 0 aliphatic rings. The molecule has 3 N–H and O–H groups in total. The van der Waals surface area contributed by atoms with Gasteiger partial charge in [0.25, 0.3) is 0 Å². The van der Waals surface area contributed by atoms with Gasteiger partial charge in [-0.25, -0.2) is 4.98 Å². The molecule has 5 heteroatoms. The Bertz CT molecular complexity index is 654. The van der Waals surface area contributed by atoms with Crippen LogP contribution in [-0.2, 0) is 6.42 Å². The van der Waals surface area contributed by atoms with Crippen molar-refractivity contribution < 1.29 is 9.53 Å². The maximum absolute atomic E-state index is 11.0. The second kappa shape index (κ2) is 11.3. The summed E-state index contributed by atoms with van der Waals surface area (Å²) in [5.41, 5.74) is 6.83.